The van der Waals surface area contributed by atoms with E-state index in [0.717, 1.165) is 11.6 Å². The highest BCUT2D eigenvalue weighted by Gasteiger charge is 2.48. The lowest BCUT2D eigenvalue weighted by Gasteiger charge is -2.46. The fraction of sp³-hybridized carbons (Fsp3) is 0.409. The molecule has 2 aliphatic heterocycles. The zero-order valence-corrected chi connectivity index (χ0v) is 15.6. The first-order chi connectivity index (χ1) is 13.5. The molecule has 6 heteroatoms. The van der Waals surface area contributed by atoms with Crippen molar-refractivity contribution in [3.8, 4) is 0 Å². The number of carbonyl (C=O) groups excluding carboxylic acids is 1. The van der Waals surface area contributed by atoms with E-state index in [1.54, 1.807) is 0 Å². The summed E-state index contributed by atoms with van der Waals surface area (Å²) in [6.45, 7) is 1.65. The number of amides is 1. The fourth-order valence-electron chi connectivity index (χ4n) is 4.43. The summed E-state index contributed by atoms with van der Waals surface area (Å²) >= 11 is 0. The van der Waals surface area contributed by atoms with E-state index in [9.17, 15) is 18.7 Å². The molecule has 4 nitrogen and oxygen atoms in total. The Morgan fingerprint density at radius 1 is 1.11 bits per heavy atom. The van der Waals surface area contributed by atoms with Gasteiger partial charge in [-0.15, -0.1) is 0 Å². The standard InChI is InChI=1S/C22H24F2N2O2/c23-17-7-6-16(18(24)12-17)14-26-10-8-22(9-11-26)13-19(27)20(25-21(22)28)15-4-2-1-3-5-15/h1-7,12,19-20,27H,8-11,13-14H2,(H,25,28)/t19-,20+/m1/s1. The first-order valence-electron chi connectivity index (χ1n) is 9.67. The van der Waals surface area contributed by atoms with Crippen LogP contribution in [-0.4, -0.2) is 35.1 Å². The van der Waals surface area contributed by atoms with Gasteiger partial charge in [-0.25, -0.2) is 8.78 Å². The molecule has 0 saturated carbocycles. The summed E-state index contributed by atoms with van der Waals surface area (Å²) in [4.78, 5) is 15.0. The van der Waals surface area contributed by atoms with Gasteiger partial charge >= 0.3 is 0 Å². The number of rotatable bonds is 3. The summed E-state index contributed by atoms with van der Waals surface area (Å²) in [7, 11) is 0. The van der Waals surface area contributed by atoms with Gasteiger partial charge in [0.15, 0.2) is 0 Å². The zero-order chi connectivity index (χ0) is 19.7. The second-order valence-electron chi connectivity index (χ2n) is 7.93. The maximum absolute atomic E-state index is 13.9. The van der Waals surface area contributed by atoms with E-state index in [1.165, 1.54) is 12.1 Å². The Morgan fingerprint density at radius 3 is 2.50 bits per heavy atom. The minimum atomic E-state index is -0.638. The molecule has 1 amide bonds. The third-order valence-corrected chi connectivity index (χ3v) is 6.13. The number of nitrogens with zero attached hydrogens (tertiary/aromatic N) is 1. The molecule has 0 unspecified atom stereocenters. The quantitative estimate of drug-likeness (QED) is 0.852. The van der Waals surface area contributed by atoms with Crippen molar-refractivity contribution in [2.75, 3.05) is 13.1 Å². The molecule has 2 atom stereocenters. The average Bonchev–Trinajstić information content (AvgIpc) is 2.69. The molecule has 0 aliphatic carbocycles. The van der Waals surface area contributed by atoms with Gasteiger partial charge in [0.1, 0.15) is 11.6 Å². The Bertz CT molecular complexity index is 851. The van der Waals surface area contributed by atoms with Crippen LogP contribution >= 0.6 is 0 Å². The van der Waals surface area contributed by atoms with E-state index >= 15 is 0 Å². The van der Waals surface area contributed by atoms with Gasteiger partial charge in [-0.2, -0.15) is 0 Å². The first-order valence-corrected chi connectivity index (χ1v) is 9.67. The summed E-state index contributed by atoms with van der Waals surface area (Å²) in [5, 5.41) is 13.7. The molecule has 0 aromatic heterocycles. The summed E-state index contributed by atoms with van der Waals surface area (Å²) in [5.41, 5.74) is 0.778. The average molecular weight is 386 g/mol. The smallest absolute Gasteiger partial charge is 0.226 e. The van der Waals surface area contributed by atoms with Crippen molar-refractivity contribution in [1.29, 1.82) is 0 Å². The first kappa shape index (κ1) is 19.0. The van der Waals surface area contributed by atoms with Gasteiger partial charge < -0.3 is 10.4 Å². The molecule has 2 aromatic carbocycles. The van der Waals surface area contributed by atoms with Crippen LogP contribution in [0.15, 0.2) is 48.5 Å². The number of carbonyl (C=O) groups is 1. The number of halogens is 2. The van der Waals surface area contributed by atoms with Crippen LogP contribution in [0, 0.1) is 17.0 Å². The lowest BCUT2D eigenvalue weighted by molar-refractivity contribution is -0.144. The number of aliphatic hydroxyl groups is 1. The minimum absolute atomic E-state index is 0.0146. The Balaban J connectivity index is 1.40. The number of benzene rings is 2. The van der Waals surface area contributed by atoms with Gasteiger partial charge in [0.25, 0.3) is 0 Å². The van der Waals surface area contributed by atoms with Crippen LogP contribution in [0.4, 0.5) is 8.78 Å². The van der Waals surface area contributed by atoms with E-state index in [4.69, 9.17) is 0 Å². The third-order valence-electron chi connectivity index (χ3n) is 6.13. The Hall–Kier alpha value is -2.31. The van der Waals surface area contributed by atoms with Crippen molar-refractivity contribution in [3.63, 3.8) is 0 Å². The summed E-state index contributed by atoms with van der Waals surface area (Å²) in [6.07, 6.45) is 1.01. The summed E-state index contributed by atoms with van der Waals surface area (Å²) in [5.74, 6) is -1.14. The van der Waals surface area contributed by atoms with Gasteiger partial charge in [-0.1, -0.05) is 36.4 Å². The molecule has 0 radical (unpaired) electrons. The maximum atomic E-state index is 13.9. The number of hydrogen-bond acceptors (Lipinski definition) is 3. The van der Waals surface area contributed by atoms with Crippen LogP contribution in [0.3, 0.4) is 0 Å². The van der Waals surface area contributed by atoms with Crippen molar-refractivity contribution in [2.45, 2.75) is 38.0 Å². The van der Waals surface area contributed by atoms with Crippen molar-refractivity contribution < 1.29 is 18.7 Å². The lowest BCUT2D eigenvalue weighted by Crippen LogP contribution is -2.56. The van der Waals surface area contributed by atoms with E-state index in [-0.39, 0.29) is 11.9 Å². The molecule has 2 fully saturated rings. The molecule has 28 heavy (non-hydrogen) atoms. The Kier molecular flexibility index (Phi) is 5.17. The second-order valence-corrected chi connectivity index (χ2v) is 7.93. The molecule has 4 rings (SSSR count). The van der Waals surface area contributed by atoms with Crippen LogP contribution < -0.4 is 5.32 Å². The molecule has 2 heterocycles. The zero-order valence-electron chi connectivity index (χ0n) is 15.6. The minimum Gasteiger partial charge on any atom is -0.391 e. The van der Waals surface area contributed by atoms with E-state index in [1.807, 2.05) is 30.3 Å². The van der Waals surface area contributed by atoms with E-state index in [2.05, 4.69) is 10.2 Å². The normalized spacial score (nSPS) is 24.9. The van der Waals surface area contributed by atoms with Crippen LogP contribution in [-0.2, 0) is 11.3 Å². The van der Waals surface area contributed by atoms with Crippen LogP contribution in [0.25, 0.3) is 0 Å². The van der Waals surface area contributed by atoms with Crippen LogP contribution in [0.2, 0.25) is 0 Å². The van der Waals surface area contributed by atoms with Crippen molar-refractivity contribution in [2.24, 2.45) is 5.41 Å². The molecule has 2 saturated heterocycles. The maximum Gasteiger partial charge on any atom is 0.226 e. The number of hydrogen-bond donors (Lipinski definition) is 2. The summed E-state index contributed by atoms with van der Waals surface area (Å²) in [6, 6.07) is 12.8. The van der Waals surface area contributed by atoms with Crippen molar-refractivity contribution in [1.82, 2.24) is 10.2 Å². The highest BCUT2D eigenvalue weighted by Crippen LogP contribution is 2.42. The molecular weight excluding hydrogens is 362 g/mol. The molecule has 148 valence electrons. The van der Waals surface area contributed by atoms with Crippen molar-refractivity contribution in [3.05, 3.63) is 71.3 Å². The number of likely N-dealkylation sites (tertiary alicyclic amines) is 1. The number of piperidine rings is 2. The summed E-state index contributed by atoms with van der Waals surface area (Å²) < 4.78 is 27.0. The highest BCUT2D eigenvalue weighted by atomic mass is 19.1. The molecule has 2 aromatic rings. The molecule has 0 bridgehead atoms. The monoisotopic (exact) mass is 386 g/mol. The predicted molar refractivity (Wildman–Crippen MR) is 101 cm³/mol. The van der Waals surface area contributed by atoms with Gasteiger partial charge in [-0.3, -0.25) is 9.69 Å². The van der Waals surface area contributed by atoms with Crippen LogP contribution in [0.5, 0.6) is 0 Å². The Labute approximate surface area is 163 Å². The molecule has 2 N–H and O–H groups in total. The fourth-order valence-corrected chi connectivity index (χ4v) is 4.43. The van der Waals surface area contributed by atoms with Crippen molar-refractivity contribution >= 4 is 5.91 Å². The molecule has 1 spiro atoms. The van der Waals surface area contributed by atoms with Gasteiger partial charge in [0.2, 0.25) is 5.91 Å². The van der Waals surface area contributed by atoms with E-state index in [0.29, 0.717) is 44.5 Å². The third kappa shape index (κ3) is 3.66. The topological polar surface area (TPSA) is 52.6 Å². The number of nitrogens with one attached hydrogen (secondary N) is 1. The SMILES string of the molecule is O=C1N[C@@H](c2ccccc2)[C@H](O)CC12CCN(Cc1ccc(F)cc1F)CC2. The molecule has 2 aliphatic rings. The van der Waals surface area contributed by atoms with Crippen LogP contribution in [0.1, 0.15) is 36.4 Å². The lowest BCUT2D eigenvalue weighted by atomic mass is 9.69. The molecular formula is C22H24F2N2O2. The predicted octanol–water partition coefficient (Wildman–Crippen LogP) is 3.17. The van der Waals surface area contributed by atoms with Gasteiger partial charge in [0.05, 0.1) is 17.6 Å². The highest BCUT2D eigenvalue weighted by molar-refractivity contribution is 5.84. The van der Waals surface area contributed by atoms with Gasteiger partial charge in [0, 0.05) is 18.2 Å². The van der Waals surface area contributed by atoms with Gasteiger partial charge in [-0.05, 0) is 44.0 Å². The Morgan fingerprint density at radius 2 is 1.82 bits per heavy atom. The second kappa shape index (κ2) is 7.60. The largest absolute Gasteiger partial charge is 0.391 e. The number of aliphatic hydroxyl groups excluding tert-OH is 1. The van der Waals surface area contributed by atoms with E-state index < -0.39 is 23.2 Å².